The lowest BCUT2D eigenvalue weighted by molar-refractivity contribution is -0.142. The lowest BCUT2D eigenvalue weighted by Gasteiger charge is -2.41. The topological polar surface area (TPSA) is 94.7 Å². The number of nitrogens with zero attached hydrogens (tertiary/aromatic N) is 2. The SMILES string of the molecule is C1CC2CCC1N2.Cc1ccc2cc(-c3cc(S(=O)(=O)N4CC[C@H]4C(=O)N4CCOCC4)ccc3C)[nH]c2c1.[HH]. The highest BCUT2D eigenvalue weighted by Crippen LogP contribution is 2.33. The van der Waals surface area contributed by atoms with Gasteiger partial charge in [0, 0.05) is 55.3 Å². The van der Waals surface area contributed by atoms with Gasteiger partial charge in [0.25, 0.3) is 0 Å². The number of carbonyl (C=O) groups excluding carboxylic acids is 1. The minimum absolute atomic E-state index is 0. The third kappa shape index (κ3) is 5.25. The van der Waals surface area contributed by atoms with E-state index in [-0.39, 0.29) is 12.2 Å². The van der Waals surface area contributed by atoms with Crippen LogP contribution < -0.4 is 5.32 Å². The van der Waals surface area contributed by atoms with Gasteiger partial charge in [0.1, 0.15) is 6.04 Å². The predicted octanol–water partition coefficient (Wildman–Crippen LogP) is 4.22. The third-order valence-corrected chi connectivity index (χ3v) is 10.6. The van der Waals surface area contributed by atoms with E-state index in [0.717, 1.165) is 45.4 Å². The Morgan fingerprint density at radius 1 is 0.923 bits per heavy atom. The molecule has 8 nitrogen and oxygen atoms in total. The van der Waals surface area contributed by atoms with Crippen LogP contribution in [-0.4, -0.2) is 79.5 Å². The minimum atomic E-state index is -3.78. The summed E-state index contributed by atoms with van der Waals surface area (Å²) in [5.41, 5.74) is 4.89. The van der Waals surface area contributed by atoms with Crippen molar-refractivity contribution in [3.05, 3.63) is 53.6 Å². The van der Waals surface area contributed by atoms with Crippen LogP contribution in [0.15, 0.2) is 47.4 Å². The number of benzene rings is 2. The highest BCUT2D eigenvalue weighted by molar-refractivity contribution is 7.89. The van der Waals surface area contributed by atoms with Crippen molar-refractivity contribution in [3.63, 3.8) is 0 Å². The number of carbonyl (C=O) groups is 1. The van der Waals surface area contributed by atoms with Crippen LogP contribution in [0.5, 0.6) is 0 Å². The summed E-state index contributed by atoms with van der Waals surface area (Å²) in [6.07, 6.45) is 6.35. The second-order valence-corrected chi connectivity index (χ2v) is 13.2. The first kappa shape index (κ1) is 26.5. The number of rotatable bonds is 4. The summed E-state index contributed by atoms with van der Waals surface area (Å²) < 4.78 is 33.5. The number of amides is 1. The van der Waals surface area contributed by atoms with E-state index in [2.05, 4.69) is 28.5 Å². The third-order valence-electron chi connectivity index (χ3n) is 8.66. The number of aromatic amines is 1. The van der Waals surface area contributed by atoms with Gasteiger partial charge < -0.3 is 19.9 Å². The van der Waals surface area contributed by atoms with E-state index in [9.17, 15) is 13.2 Å². The summed E-state index contributed by atoms with van der Waals surface area (Å²) >= 11 is 0. The zero-order chi connectivity index (χ0) is 27.1. The molecule has 4 aliphatic rings. The standard InChI is InChI=1S/C24H27N3O4S.C6H11N.H2/c1-16-3-5-18-14-22(25-21(18)13-16)20-15-19(6-4-17(20)2)32(29,30)27-8-7-23(27)24(28)26-9-11-31-12-10-26;1-2-6-4-3-5(1)7-6;/h3-6,13-15,23,25H,7-12H2,1-2H3;5-7H,1-4H2;1H/t23-;;/m0../s1. The Morgan fingerprint density at radius 2 is 1.64 bits per heavy atom. The number of nitrogens with one attached hydrogen (secondary N) is 2. The molecule has 2 aromatic carbocycles. The van der Waals surface area contributed by atoms with E-state index in [0.29, 0.717) is 39.3 Å². The van der Waals surface area contributed by atoms with Crippen LogP contribution in [0.25, 0.3) is 22.2 Å². The number of ether oxygens (including phenoxy) is 1. The number of aromatic nitrogens is 1. The van der Waals surface area contributed by atoms with Crippen molar-refractivity contribution in [1.82, 2.24) is 19.5 Å². The normalized spacial score (nSPS) is 24.9. The van der Waals surface area contributed by atoms with Gasteiger partial charge in [-0.3, -0.25) is 4.79 Å². The molecule has 2 N–H and O–H groups in total. The molecular weight excluding hydrogens is 512 g/mol. The van der Waals surface area contributed by atoms with Gasteiger partial charge in [-0.15, -0.1) is 0 Å². The smallest absolute Gasteiger partial charge is 0.243 e. The number of aryl methyl sites for hydroxylation is 2. The zero-order valence-electron chi connectivity index (χ0n) is 22.8. The molecule has 4 saturated heterocycles. The molecule has 1 amide bonds. The number of H-pyrrole nitrogens is 1. The molecule has 7 rings (SSSR count). The molecular formula is C30H40N4O4S. The lowest BCUT2D eigenvalue weighted by Crippen LogP contribution is -2.60. The first-order valence-electron chi connectivity index (χ1n) is 14.1. The molecule has 5 heterocycles. The summed E-state index contributed by atoms with van der Waals surface area (Å²) in [7, 11) is -3.78. The Bertz CT molecular complexity index is 1470. The number of hydrogen-bond acceptors (Lipinski definition) is 5. The first-order chi connectivity index (χ1) is 18.8. The number of fused-ring (bicyclic) bond motifs is 3. The van der Waals surface area contributed by atoms with Gasteiger partial charge >= 0.3 is 0 Å². The Morgan fingerprint density at radius 3 is 2.26 bits per heavy atom. The van der Waals surface area contributed by atoms with E-state index in [1.807, 2.05) is 26.0 Å². The molecule has 3 aromatic rings. The molecule has 2 bridgehead atoms. The molecule has 0 spiro atoms. The summed E-state index contributed by atoms with van der Waals surface area (Å²) in [6.45, 7) is 6.39. The second kappa shape index (κ2) is 10.7. The lowest BCUT2D eigenvalue weighted by atomic mass is 10.0. The molecule has 0 aliphatic carbocycles. The minimum Gasteiger partial charge on any atom is -0.378 e. The van der Waals surface area contributed by atoms with E-state index < -0.39 is 16.1 Å². The van der Waals surface area contributed by atoms with Crippen LogP contribution >= 0.6 is 0 Å². The van der Waals surface area contributed by atoms with Gasteiger partial charge in [0.05, 0.1) is 18.1 Å². The highest BCUT2D eigenvalue weighted by Gasteiger charge is 2.44. The molecule has 1 atom stereocenters. The van der Waals surface area contributed by atoms with Crippen LogP contribution in [0.2, 0.25) is 0 Å². The summed E-state index contributed by atoms with van der Waals surface area (Å²) in [6, 6.07) is 14.6. The van der Waals surface area contributed by atoms with Crippen molar-refractivity contribution in [3.8, 4) is 11.3 Å². The van der Waals surface area contributed by atoms with Crippen LogP contribution in [0.3, 0.4) is 0 Å². The van der Waals surface area contributed by atoms with E-state index >= 15 is 0 Å². The Kier molecular flexibility index (Phi) is 7.26. The Hall–Kier alpha value is -2.72. The maximum absolute atomic E-state index is 13.4. The van der Waals surface area contributed by atoms with Gasteiger partial charge in [-0.2, -0.15) is 4.31 Å². The van der Waals surface area contributed by atoms with Crippen molar-refractivity contribution < 1.29 is 19.4 Å². The fourth-order valence-electron chi connectivity index (χ4n) is 6.23. The fraction of sp³-hybridized carbons (Fsp3) is 0.500. The van der Waals surface area contributed by atoms with Crippen LogP contribution in [0.1, 0.15) is 44.7 Å². The summed E-state index contributed by atoms with van der Waals surface area (Å²) in [5.74, 6) is -0.124. The zero-order valence-corrected chi connectivity index (χ0v) is 23.6. The van der Waals surface area contributed by atoms with Crippen molar-refractivity contribution in [1.29, 1.82) is 0 Å². The Balaban J connectivity index is 0.000000348. The largest absolute Gasteiger partial charge is 0.378 e. The average molecular weight is 553 g/mol. The number of sulfonamides is 1. The van der Waals surface area contributed by atoms with Crippen LogP contribution in [0.4, 0.5) is 0 Å². The maximum Gasteiger partial charge on any atom is 0.243 e. The maximum atomic E-state index is 13.4. The van der Waals surface area contributed by atoms with Gasteiger partial charge in [-0.1, -0.05) is 18.2 Å². The molecule has 0 saturated carbocycles. The monoisotopic (exact) mass is 552 g/mol. The van der Waals surface area contributed by atoms with E-state index in [1.54, 1.807) is 17.0 Å². The highest BCUT2D eigenvalue weighted by atomic mass is 32.2. The van der Waals surface area contributed by atoms with Crippen LogP contribution in [-0.2, 0) is 19.6 Å². The van der Waals surface area contributed by atoms with Crippen LogP contribution in [0, 0.1) is 13.8 Å². The van der Waals surface area contributed by atoms with Crippen molar-refractivity contribution in [2.75, 3.05) is 32.8 Å². The summed E-state index contributed by atoms with van der Waals surface area (Å²) in [4.78, 5) is 18.2. The predicted molar refractivity (Wildman–Crippen MR) is 154 cm³/mol. The van der Waals surface area contributed by atoms with Gasteiger partial charge in [0.2, 0.25) is 15.9 Å². The quantitative estimate of drug-likeness (QED) is 0.506. The molecule has 9 heteroatoms. The number of hydrogen-bond donors (Lipinski definition) is 2. The van der Waals surface area contributed by atoms with Crippen molar-refractivity contribution in [2.24, 2.45) is 0 Å². The van der Waals surface area contributed by atoms with Gasteiger partial charge in [-0.05, 0) is 81.3 Å². The first-order valence-corrected chi connectivity index (χ1v) is 15.6. The number of morpholine rings is 1. The van der Waals surface area contributed by atoms with Crippen molar-refractivity contribution in [2.45, 2.75) is 69.0 Å². The van der Waals surface area contributed by atoms with E-state index in [4.69, 9.17) is 4.74 Å². The molecule has 210 valence electrons. The molecule has 4 aliphatic heterocycles. The van der Waals surface area contributed by atoms with Gasteiger partial charge in [-0.25, -0.2) is 8.42 Å². The summed E-state index contributed by atoms with van der Waals surface area (Å²) in [5, 5.41) is 4.61. The van der Waals surface area contributed by atoms with Gasteiger partial charge in [0.15, 0.2) is 0 Å². The van der Waals surface area contributed by atoms with E-state index in [1.165, 1.54) is 30.0 Å². The molecule has 1 aromatic heterocycles. The molecule has 0 unspecified atom stereocenters. The molecule has 0 radical (unpaired) electrons. The van der Waals surface area contributed by atoms with Crippen molar-refractivity contribution >= 4 is 26.8 Å². The fourth-order valence-corrected chi connectivity index (χ4v) is 7.88. The molecule has 39 heavy (non-hydrogen) atoms. The molecule has 4 fully saturated rings. The average Bonchev–Trinajstić information content (AvgIpc) is 3.66. The second-order valence-electron chi connectivity index (χ2n) is 11.3. The Labute approximate surface area is 232 Å².